The summed E-state index contributed by atoms with van der Waals surface area (Å²) in [5, 5.41) is 8.39. The van der Waals surface area contributed by atoms with Gasteiger partial charge in [-0.05, 0) is 24.3 Å². The molecule has 0 bridgehead atoms. The Morgan fingerprint density at radius 1 is 1.54 bits per heavy atom. The van der Waals surface area contributed by atoms with E-state index in [0.29, 0.717) is 18.6 Å². The SMILES string of the molecule is Cl.N[C@H](CCSCCC[18F])C(=O)O. The summed E-state index contributed by atoms with van der Waals surface area (Å²) in [7, 11) is 0. The Morgan fingerprint density at radius 2 is 2.15 bits per heavy atom. The Hall–Kier alpha value is 0. The van der Waals surface area contributed by atoms with Crippen molar-refractivity contribution in [2.24, 2.45) is 5.73 Å². The van der Waals surface area contributed by atoms with Crippen LogP contribution in [0.4, 0.5) is 4.39 Å². The Bertz CT molecular complexity index is 140. The lowest BCUT2D eigenvalue weighted by Crippen LogP contribution is -2.30. The summed E-state index contributed by atoms with van der Waals surface area (Å²) in [5.74, 6) is 0.456. The fourth-order valence-electron chi connectivity index (χ4n) is 0.592. The number of carboxylic acid groups (broad SMARTS) is 1. The number of hydrogen-bond acceptors (Lipinski definition) is 3. The number of hydrogen-bond donors (Lipinski definition) is 2. The fourth-order valence-corrected chi connectivity index (χ4v) is 1.53. The minimum absolute atomic E-state index is 0. The van der Waals surface area contributed by atoms with Crippen molar-refractivity contribution in [2.45, 2.75) is 18.9 Å². The molecule has 0 amide bonds. The highest BCUT2D eigenvalue weighted by atomic mass is 35.5. The van der Waals surface area contributed by atoms with E-state index in [1.165, 1.54) is 0 Å². The first-order valence-corrected chi connectivity index (χ1v) is 4.96. The molecule has 0 aliphatic rings. The van der Waals surface area contributed by atoms with Gasteiger partial charge in [0.2, 0.25) is 0 Å². The smallest absolute Gasteiger partial charge is 0.320 e. The highest BCUT2D eigenvalue weighted by molar-refractivity contribution is 7.99. The van der Waals surface area contributed by atoms with Crippen molar-refractivity contribution in [2.75, 3.05) is 18.2 Å². The summed E-state index contributed by atoms with van der Waals surface area (Å²) in [6, 6.07) is -0.775. The molecule has 0 unspecified atom stereocenters. The molecule has 0 fully saturated rings. The van der Waals surface area contributed by atoms with Crippen LogP contribution in [0.5, 0.6) is 0 Å². The molecule has 3 nitrogen and oxygen atoms in total. The molecule has 0 aliphatic carbocycles. The van der Waals surface area contributed by atoms with Crippen molar-refractivity contribution in [1.82, 2.24) is 0 Å². The molecule has 13 heavy (non-hydrogen) atoms. The van der Waals surface area contributed by atoms with Crippen LogP contribution >= 0.6 is 24.2 Å². The predicted octanol–water partition coefficient (Wildman–Crippen LogP) is 1.30. The van der Waals surface area contributed by atoms with Gasteiger partial charge in [-0.3, -0.25) is 9.18 Å². The third-order valence-corrected chi connectivity index (χ3v) is 2.41. The van der Waals surface area contributed by atoms with Gasteiger partial charge < -0.3 is 10.8 Å². The van der Waals surface area contributed by atoms with E-state index in [2.05, 4.69) is 0 Å². The molecular formula is C7H15ClFNO2S. The number of nitrogens with two attached hydrogens (primary N) is 1. The molecule has 0 aromatic heterocycles. The topological polar surface area (TPSA) is 63.3 Å². The number of halogens is 2. The van der Waals surface area contributed by atoms with Gasteiger partial charge in [-0.2, -0.15) is 11.8 Å². The first-order valence-electron chi connectivity index (χ1n) is 3.80. The van der Waals surface area contributed by atoms with Crippen LogP contribution < -0.4 is 5.73 Å². The zero-order valence-electron chi connectivity index (χ0n) is 7.24. The van der Waals surface area contributed by atoms with Gasteiger partial charge >= 0.3 is 5.97 Å². The van der Waals surface area contributed by atoms with Crippen LogP contribution in [0.1, 0.15) is 12.8 Å². The Labute approximate surface area is 87.7 Å². The number of alkyl halides is 1. The molecule has 0 rings (SSSR count). The summed E-state index contributed by atoms with van der Waals surface area (Å²) >= 11 is 1.54. The molecule has 6 heteroatoms. The highest BCUT2D eigenvalue weighted by Gasteiger charge is 2.09. The first kappa shape index (κ1) is 15.5. The minimum Gasteiger partial charge on any atom is -0.480 e. The van der Waals surface area contributed by atoms with Gasteiger partial charge in [-0.15, -0.1) is 12.4 Å². The number of carboxylic acids is 1. The third kappa shape index (κ3) is 9.92. The first-order chi connectivity index (χ1) is 5.68. The molecule has 0 radical (unpaired) electrons. The molecule has 1 atom stereocenters. The highest BCUT2D eigenvalue weighted by Crippen LogP contribution is 2.05. The van der Waals surface area contributed by atoms with Gasteiger partial charge in [-0.25, -0.2) is 0 Å². The summed E-state index contributed by atoms with van der Waals surface area (Å²) in [6.45, 7) is -0.308. The number of aliphatic carboxylic acids is 1. The van der Waals surface area contributed by atoms with Crippen LogP contribution in [-0.2, 0) is 4.79 Å². The van der Waals surface area contributed by atoms with Crippen LogP contribution in [0.3, 0.4) is 0 Å². The van der Waals surface area contributed by atoms with Crippen molar-refractivity contribution >= 4 is 30.1 Å². The number of carbonyl (C=O) groups is 1. The predicted molar refractivity (Wildman–Crippen MR) is 55.4 cm³/mol. The Balaban J connectivity index is 0. The second-order valence-electron chi connectivity index (χ2n) is 2.39. The number of rotatable bonds is 7. The second-order valence-corrected chi connectivity index (χ2v) is 3.61. The fraction of sp³-hybridized carbons (Fsp3) is 0.857. The van der Waals surface area contributed by atoms with Gasteiger partial charge in [0.05, 0.1) is 6.67 Å². The molecule has 0 saturated carbocycles. The lowest BCUT2D eigenvalue weighted by Gasteiger charge is -2.04. The molecule has 0 aliphatic heterocycles. The Morgan fingerprint density at radius 3 is 2.62 bits per heavy atom. The van der Waals surface area contributed by atoms with Gasteiger partial charge in [0.25, 0.3) is 0 Å². The second kappa shape index (κ2) is 10.1. The standard InChI is InChI=1S/C7H14FNO2S.ClH/c8-3-1-4-12-5-2-6(9)7(10)11;/h6H,1-5,9H2,(H,10,11);1H/t6-;/m1./s1/i8-1;. The van der Waals surface area contributed by atoms with E-state index in [4.69, 9.17) is 10.8 Å². The van der Waals surface area contributed by atoms with Gasteiger partial charge in [0.15, 0.2) is 0 Å². The molecule has 0 heterocycles. The van der Waals surface area contributed by atoms with E-state index >= 15 is 0 Å². The van der Waals surface area contributed by atoms with Crippen molar-refractivity contribution in [3.8, 4) is 0 Å². The number of thioether (sulfide) groups is 1. The lowest BCUT2D eigenvalue weighted by atomic mass is 10.2. The van der Waals surface area contributed by atoms with Crippen LogP contribution in [0, 0.1) is 0 Å². The van der Waals surface area contributed by atoms with Crippen LogP contribution in [0.2, 0.25) is 0 Å². The summed E-state index contributed by atoms with van der Waals surface area (Å²) in [5.41, 5.74) is 5.24. The normalized spacial score (nSPS) is 11.8. The lowest BCUT2D eigenvalue weighted by molar-refractivity contribution is -0.138. The van der Waals surface area contributed by atoms with Crippen LogP contribution in [-0.4, -0.2) is 35.3 Å². The zero-order valence-corrected chi connectivity index (χ0v) is 8.87. The molecular weight excluding hydrogens is 216 g/mol. The zero-order chi connectivity index (χ0) is 9.40. The maximum absolute atomic E-state index is 11.6. The average molecular weight is 231 g/mol. The van der Waals surface area contributed by atoms with Crippen molar-refractivity contribution in [1.29, 1.82) is 0 Å². The monoisotopic (exact) mass is 230 g/mol. The third-order valence-electron chi connectivity index (χ3n) is 1.31. The molecule has 3 N–H and O–H groups in total. The van der Waals surface area contributed by atoms with E-state index in [1.807, 2.05) is 0 Å². The molecule has 0 aromatic rings. The summed E-state index contributed by atoms with van der Waals surface area (Å²) < 4.78 is 11.6. The van der Waals surface area contributed by atoms with Crippen molar-refractivity contribution in [3.63, 3.8) is 0 Å². The molecule has 0 spiro atoms. The molecule has 0 saturated heterocycles. The van der Waals surface area contributed by atoms with Crippen LogP contribution in [0.25, 0.3) is 0 Å². The van der Waals surface area contributed by atoms with Crippen molar-refractivity contribution in [3.05, 3.63) is 0 Å². The summed E-state index contributed by atoms with van der Waals surface area (Å²) in [6.07, 6.45) is 0.985. The molecule has 80 valence electrons. The Kier molecular flexibility index (Phi) is 12.0. The van der Waals surface area contributed by atoms with Crippen LogP contribution in [0.15, 0.2) is 0 Å². The van der Waals surface area contributed by atoms with Gasteiger partial charge in [0, 0.05) is 0 Å². The average Bonchev–Trinajstić information content (AvgIpc) is 2.03. The van der Waals surface area contributed by atoms with Crippen molar-refractivity contribution < 1.29 is 14.3 Å². The van der Waals surface area contributed by atoms with E-state index in [9.17, 15) is 9.18 Å². The minimum atomic E-state index is -0.971. The maximum atomic E-state index is 11.6. The van der Waals surface area contributed by atoms with Gasteiger partial charge in [0.1, 0.15) is 6.04 Å². The largest absolute Gasteiger partial charge is 0.480 e. The van der Waals surface area contributed by atoms with E-state index in [1.54, 1.807) is 11.8 Å². The van der Waals surface area contributed by atoms with E-state index < -0.39 is 12.0 Å². The van der Waals surface area contributed by atoms with E-state index in [0.717, 1.165) is 5.75 Å². The van der Waals surface area contributed by atoms with E-state index in [-0.39, 0.29) is 19.1 Å². The quantitative estimate of drug-likeness (QED) is 0.648. The maximum Gasteiger partial charge on any atom is 0.320 e. The molecule has 0 aromatic carbocycles. The van der Waals surface area contributed by atoms with Gasteiger partial charge in [-0.1, -0.05) is 0 Å². The summed E-state index contributed by atoms with van der Waals surface area (Å²) in [4.78, 5) is 10.2.